The van der Waals surface area contributed by atoms with Crippen LogP contribution in [0.15, 0.2) is 35.4 Å². The molecule has 4 nitrogen and oxygen atoms in total. The van der Waals surface area contributed by atoms with E-state index in [0.29, 0.717) is 10.9 Å². The summed E-state index contributed by atoms with van der Waals surface area (Å²) < 4.78 is 33.7. The molecule has 0 bridgehead atoms. The van der Waals surface area contributed by atoms with E-state index in [2.05, 4.69) is 4.98 Å². The van der Waals surface area contributed by atoms with Crippen molar-refractivity contribution in [1.29, 1.82) is 0 Å². The van der Waals surface area contributed by atoms with Gasteiger partial charge in [-0.2, -0.15) is 0 Å². The molecule has 0 aliphatic heterocycles. The van der Waals surface area contributed by atoms with E-state index < -0.39 is 23.4 Å². The van der Waals surface area contributed by atoms with Gasteiger partial charge >= 0.3 is 5.97 Å². The Hall–Kier alpha value is -2.15. The van der Waals surface area contributed by atoms with Crippen LogP contribution >= 0.6 is 11.8 Å². The number of carbonyl (C=O) groups is 1. The van der Waals surface area contributed by atoms with Crippen molar-refractivity contribution in [2.45, 2.75) is 61.8 Å². The summed E-state index contributed by atoms with van der Waals surface area (Å²) >= 11 is 1.75. The van der Waals surface area contributed by atoms with Crippen LogP contribution in [0.5, 0.6) is 5.75 Å². The van der Waals surface area contributed by atoms with E-state index in [1.54, 1.807) is 17.8 Å². The van der Waals surface area contributed by atoms with Gasteiger partial charge in [-0.25, -0.2) is 13.8 Å². The number of carboxylic acids is 1. The zero-order chi connectivity index (χ0) is 19.9. The Bertz CT molecular complexity index is 802. The minimum atomic E-state index is -1.02. The molecule has 0 amide bonds. The van der Waals surface area contributed by atoms with Crippen molar-refractivity contribution in [3.63, 3.8) is 0 Å². The van der Waals surface area contributed by atoms with Crippen LogP contribution in [0.3, 0.4) is 0 Å². The number of aliphatic carboxylic acids is 1. The number of aromatic nitrogens is 1. The van der Waals surface area contributed by atoms with Crippen LogP contribution in [-0.4, -0.2) is 21.3 Å². The van der Waals surface area contributed by atoms with E-state index in [4.69, 9.17) is 9.84 Å². The van der Waals surface area contributed by atoms with Gasteiger partial charge in [0.1, 0.15) is 6.61 Å². The lowest BCUT2D eigenvalue weighted by molar-refractivity contribution is -0.136. The smallest absolute Gasteiger partial charge is 0.303 e. The van der Waals surface area contributed by atoms with Crippen molar-refractivity contribution in [3.05, 3.63) is 53.2 Å². The van der Waals surface area contributed by atoms with E-state index in [-0.39, 0.29) is 25.0 Å². The predicted octanol–water partition coefficient (Wildman–Crippen LogP) is 5.38. The van der Waals surface area contributed by atoms with Gasteiger partial charge in [-0.05, 0) is 49.1 Å². The molecule has 1 fully saturated rings. The topological polar surface area (TPSA) is 59.4 Å². The van der Waals surface area contributed by atoms with E-state index in [1.807, 2.05) is 12.1 Å². The average Bonchev–Trinajstić information content (AvgIpc) is 2.67. The molecule has 2 aromatic rings. The predicted molar refractivity (Wildman–Crippen MR) is 104 cm³/mol. The third kappa shape index (κ3) is 5.92. The van der Waals surface area contributed by atoms with Gasteiger partial charge in [-0.15, -0.1) is 11.8 Å². The van der Waals surface area contributed by atoms with E-state index in [1.165, 1.54) is 32.1 Å². The lowest BCUT2D eigenvalue weighted by Crippen LogP contribution is -2.08. The zero-order valence-corrected chi connectivity index (χ0v) is 16.3. The highest BCUT2D eigenvalue weighted by atomic mass is 32.2. The molecule has 1 N–H and O–H groups in total. The fourth-order valence-electron chi connectivity index (χ4n) is 3.25. The first-order chi connectivity index (χ1) is 13.5. The molecule has 1 aliphatic rings. The van der Waals surface area contributed by atoms with Gasteiger partial charge < -0.3 is 9.84 Å². The second-order valence-corrected chi connectivity index (χ2v) is 8.24. The number of carboxylic acid groups (broad SMARTS) is 1. The van der Waals surface area contributed by atoms with Crippen molar-refractivity contribution >= 4 is 17.7 Å². The van der Waals surface area contributed by atoms with Gasteiger partial charge in [0.05, 0.1) is 10.7 Å². The third-order valence-corrected chi connectivity index (χ3v) is 5.94. The summed E-state index contributed by atoms with van der Waals surface area (Å²) in [4.78, 5) is 15.1. The van der Waals surface area contributed by atoms with E-state index in [9.17, 15) is 13.6 Å². The standard InChI is InChI=1S/C21H23F2NO3S/c22-17-11-14(9-10-20(25)26)12-18(23)21(17)27-13-15-5-4-8-19(24-15)28-16-6-2-1-3-7-16/h4-5,8,11-12,16H,1-3,6-7,9-10,13H2,(H,25,26). The molecule has 0 atom stereocenters. The molecular formula is C21H23F2NO3S. The summed E-state index contributed by atoms with van der Waals surface area (Å²) in [5.74, 6) is -3.16. The molecule has 1 saturated carbocycles. The Morgan fingerprint density at radius 2 is 1.89 bits per heavy atom. The fraction of sp³-hybridized carbons (Fsp3) is 0.429. The highest BCUT2D eigenvalue weighted by Gasteiger charge is 2.16. The van der Waals surface area contributed by atoms with Gasteiger partial charge in [0.25, 0.3) is 0 Å². The Kier molecular flexibility index (Phi) is 7.25. The Morgan fingerprint density at radius 3 is 2.57 bits per heavy atom. The molecule has 28 heavy (non-hydrogen) atoms. The first kappa shape index (κ1) is 20.6. The van der Waals surface area contributed by atoms with Gasteiger partial charge in [-0.3, -0.25) is 4.79 Å². The Balaban J connectivity index is 1.62. The van der Waals surface area contributed by atoms with Gasteiger partial charge in [0.2, 0.25) is 0 Å². The van der Waals surface area contributed by atoms with Gasteiger partial charge in [-0.1, -0.05) is 25.3 Å². The summed E-state index contributed by atoms with van der Waals surface area (Å²) in [5, 5.41) is 10.2. The van der Waals surface area contributed by atoms with E-state index >= 15 is 0 Å². The molecule has 1 aromatic carbocycles. The number of nitrogens with zero attached hydrogens (tertiary/aromatic N) is 1. The molecule has 150 valence electrons. The summed E-state index contributed by atoms with van der Waals surface area (Å²) in [6.07, 6.45) is 6.06. The van der Waals surface area contributed by atoms with Gasteiger partial charge in [0.15, 0.2) is 17.4 Å². The highest BCUT2D eigenvalue weighted by Crippen LogP contribution is 2.32. The molecule has 1 heterocycles. The van der Waals surface area contributed by atoms with Crippen LogP contribution in [0.1, 0.15) is 49.8 Å². The first-order valence-electron chi connectivity index (χ1n) is 9.46. The van der Waals surface area contributed by atoms with E-state index in [0.717, 1.165) is 17.2 Å². The summed E-state index contributed by atoms with van der Waals surface area (Å²) in [6.45, 7) is -0.0403. The Morgan fingerprint density at radius 1 is 1.18 bits per heavy atom. The zero-order valence-electron chi connectivity index (χ0n) is 15.5. The Labute approximate surface area is 167 Å². The number of halogens is 2. The largest absolute Gasteiger partial charge is 0.481 e. The molecule has 0 radical (unpaired) electrons. The molecular weight excluding hydrogens is 384 g/mol. The molecule has 0 unspecified atom stereocenters. The second kappa shape index (κ2) is 9.87. The van der Waals surface area contributed by atoms with Crippen LogP contribution in [-0.2, 0) is 17.8 Å². The van der Waals surface area contributed by atoms with Crippen LogP contribution < -0.4 is 4.74 Å². The molecule has 7 heteroatoms. The first-order valence-corrected chi connectivity index (χ1v) is 10.3. The quantitative estimate of drug-likeness (QED) is 0.637. The number of benzene rings is 1. The van der Waals surface area contributed by atoms with Crippen molar-refractivity contribution in [2.75, 3.05) is 0 Å². The van der Waals surface area contributed by atoms with Crippen LogP contribution in [0.2, 0.25) is 0 Å². The normalized spacial score (nSPS) is 14.8. The number of pyridine rings is 1. The molecule has 0 saturated heterocycles. The molecule has 3 rings (SSSR count). The van der Waals surface area contributed by atoms with Crippen molar-refractivity contribution in [1.82, 2.24) is 4.98 Å². The maximum Gasteiger partial charge on any atom is 0.303 e. The van der Waals surface area contributed by atoms with Gasteiger partial charge in [0, 0.05) is 11.7 Å². The lowest BCUT2D eigenvalue weighted by atomic mass is 10.0. The summed E-state index contributed by atoms with van der Waals surface area (Å²) in [7, 11) is 0. The number of thioether (sulfide) groups is 1. The second-order valence-electron chi connectivity index (χ2n) is 6.92. The van der Waals surface area contributed by atoms with Crippen LogP contribution in [0.25, 0.3) is 0 Å². The lowest BCUT2D eigenvalue weighted by Gasteiger charge is -2.20. The fourth-order valence-corrected chi connectivity index (χ4v) is 4.49. The summed E-state index contributed by atoms with van der Waals surface area (Å²) in [6, 6.07) is 7.82. The minimum Gasteiger partial charge on any atom is -0.481 e. The average molecular weight is 407 g/mol. The van der Waals surface area contributed by atoms with Crippen molar-refractivity contribution in [2.24, 2.45) is 0 Å². The van der Waals surface area contributed by atoms with Crippen LogP contribution in [0.4, 0.5) is 8.78 Å². The number of ether oxygens (including phenoxy) is 1. The van der Waals surface area contributed by atoms with Crippen molar-refractivity contribution < 1.29 is 23.4 Å². The SMILES string of the molecule is O=C(O)CCc1cc(F)c(OCc2cccc(SC3CCCCC3)n2)c(F)c1. The highest BCUT2D eigenvalue weighted by molar-refractivity contribution is 7.99. The maximum atomic E-state index is 14.2. The monoisotopic (exact) mass is 407 g/mol. The third-order valence-electron chi connectivity index (χ3n) is 4.67. The maximum absolute atomic E-state index is 14.2. The number of hydrogen-bond acceptors (Lipinski definition) is 4. The van der Waals surface area contributed by atoms with Crippen LogP contribution in [0, 0.1) is 11.6 Å². The number of hydrogen-bond donors (Lipinski definition) is 1. The minimum absolute atomic E-state index is 0.0403. The van der Waals surface area contributed by atoms with Crippen molar-refractivity contribution in [3.8, 4) is 5.75 Å². The number of aryl methyl sites for hydroxylation is 1. The summed E-state index contributed by atoms with van der Waals surface area (Å²) in [5.41, 5.74) is 0.892. The molecule has 1 aliphatic carbocycles. The molecule has 0 spiro atoms. The molecule has 1 aromatic heterocycles. The number of rotatable bonds is 8.